The van der Waals surface area contributed by atoms with E-state index < -0.39 is 0 Å². The zero-order chi connectivity index (χ0) is 11.5. The second kappa shape index (κ2) is 5.00. The quantitative estimate of drug-likeness (QED) is 0.805. The first kappa shape index (κ1) is 11.6. The predicted molar refractivity (Wildman–Crippen MR) is 66.6 cm³/mol. The number of aromatic nitrogens is 2. The molecule has 1 aromatic rings. The lowest BCUT2D eigenvalue weighted by Crippen LogP contribution is -2.33. The molecule has 1 saturated carbocycles. The van der Waals surface area contributed by atoms with Gasteiger partial charge in [0.15, 0.2) is 0 Å². The Kier molecular flexibility index (Phi) is 3.64. The van der Waals surface area contributed by atoms with Crippen LogP contribution in [-0.2, 0) is 0 Å². The van der Waals surface area contributed by atoms with Crippen molar-refractivity contribution in [3.05, 3.63) is 17.5 Å². The van der Waals surface area contributed by atoms with E-state index in [2.05, 4.69) is 29.1 Å². The minimum absolute atomic E-state index is 0.495. The molecule has 4 heteroatoms. The summed E-state index contributed by atoms with van der Waals surface area (Å²) >= 11 is 5.83. The highest BCUT2D eigenvalue weighted by atomic mass is 35.5. The predicted octanol–water partition coefficient (Wildman–Crippen LogP) is 3.37. The summed E-state index contributed by atoms with van der Waals surface area (Å²) in [4.78, 5) is 8.06. The summed E-state index contributed by atoms with van der Waals surface area (Å²) in [6, 6.07) is 2.30. The number of nitrogens with zero attached hydrogens (tertiary/aromatic N) is 2. The summed E-state index contributed by atoms with van der Waals surface area (Å²) in [5.74, 6) is 2.38. The SMILES string of the molecule is CC1CCC(Nc2cc(Cl)ncn2)C(C)C1. The summed E-state index contributed by atoms with van der Waals surface area (Å²) in [6.07, 6.45) is 5.29. The van der Waals surface area contributed by atoms with Crippen molar-refractivity contribution < 1.29 is 0 Å². The fourth-order valence-corrected chi connectivity index (χ4v) is 2.63. The molecule has 0 radical (unpaired) electrons. The molecule has 1 aliphatic rings. The van der Waals surface area contributed by atoms with Crippen molar-refractivity contribution in [2.45, 2.75) is 39.2 Å². The van der Waals surface area contributed by atoms with Gasteiger partial charge in [-0.3, -0.25) is 0 Å². The second-order valence-corrected chi connectivity index (χ2v) is 5.26. The number of rotatable bonds is 2. The lowest BCUT2D eigenvalue weighted by molar-refractivity contribution is 0.276. The van der Waals surface area contributed by atoms with Gasteiger partial charge in [-0.05, 0) is 31.1 Å². The Labute approximate surface area is 102 Å². The first-order valence-corrected chi connectivity index (χ1v) is 6.27. The van der Waals surface area contributed by atoms with E-state index >= 15 is 0 Å². The summed E-state index contributed by atoms with van der Waals surface area (Å²) < 4.78 is 0. The van der Waals surface area contributed by atoms with Gasteiger partial charge in [0, 0.05) is 12.1 Å². The van der Waals surface area contributed by atoms with Crippen molar-refractivity contribution in [3.63, 3.8) is 0 Å². The van der Waals surface area contributed by atoms with Crippen LogP contribution >= 0.6 is 11.6 Å². The summed E-state index contributed by atoms with van der Waals surface area (Å²) in [6.45, 7) is 4.63. The minimum atomic E-state index is 0.495. The van der Waals surface area contributed by atoms with E-state index in [9.17, 15) is 0 Å². The molecule has 3 atom stereocenters. The molecule has 3 nitrogen and oxygen atoms in total. The fraction of sp³-hybridized carbons (Fsp3) is 0.667. The first-order chi connectivity index (χ1) is 7.65. The van der Waals surface area contributed by atoms with Crippen LogP contribution in [0.4, 0.5) is 5.82 Å². The molecule has 0 spiro atoms. The van der Waals surface area contributed by atoms with Gasteiger partial charge in [-0.1, -0.05) is 25.4 Å². The lowest BCUT2D eigenvalue weighted by atomic mass is 9.80. The smallest absolute Gasteiger partial charge is 0.134 e. The van der Waals surface area contributed by atoms with Gasteiger partial charge in [-0.25, -0.2) is 9.97 Å². The largest absolute Gasteiger partial charge is 0.367 e. The van der Waals surface area contributed by atoms with Crippen molar-refractivity contribution in [1.82, 2.24) is 9.97 Å². The molecule has 1 heterocycles. The van der Waals surface area contributed by atoms with Crippen LogP contribution in [0.25, 0.3) is 0 Å². The van der Waals surface area contributed by atoms with Crippen molar-refractivity contribution in [1.29, 1.82) is 0 Å². The maximum absolute atomic E-state index is 5.83. The molecule has 16 heavy (non-hydrogen) atoms. The Morgan fingerprint density at radius 1 is 1.31 bits per heavy atom. The first-order valence-electron chi connectivity index (χ1n) is 5.89. The molecule has 1 N–H and O–H groups in total. The molecular formula is C12H18ClN3. The lowest BCUT2D eigenvalue weighted by Gasteiger charge is -2.33. The van der Waals surface area contributed by atoms with Gasteiger partial charge in [-0.15, -0.1) is 0 Å². The summed E-state index contributed by atoms with van der Waals surface area (Å²) in [5.41, 5.74) is 0. The van der Waals surface area contributed by atoms with Gasteiger partial charge in [0.05, 0.1) is 0 Å². The van der Waals surface area contributed by atoms with E-state index in [0.717, 1.165) is 11.7 Å². The standard InChI is InChI=1S/C12H18ClN3/c1-8-3-4-10(9(2)5-8)16-12-6-11(13)14-7-15-12/h6-10H,3-5H2,1-2H3,(H,14,15,16). The Morgan fingerprint density at radius 2 is 2.12 bits per heavy atom. The van der Waals surface area contributed by atoms with E-state index in [1.54, 1.807) is 6.07 Å². The van der Waals surface area contributed by atoms with E-state index in [1.807, 2.05) is 0 Å². The van der Waals surface area contributed by atoms with Gasteiger partial charge in [0.2, 0.25) is 0 Å². The highest BCUT2D eigenvalue weighted by molar-refractivity contribution is 6.29. The van der Waals surface area contributed by atoms with Crippen molar-refractivity contribution in [2.24, 2.45) is 11.8 Å². The van der Waals surface area contributed by atoms with Crippen molar-refractivity contribution in [3.8, 4) is 0 Å². The molecule has 0 saturated heterocycles. The van der Waals surface area contributed by atoms with Crippen LogP contribution in [0.5, 0.6) is 0 Å². The molecular weight excluding hydrogens is 222 g/mol. The number of anilines is 1. The molecule has 0 aliphatic heterocycles. The van der Waals surface area contributed by atoms with Crippen LogP contribution in [-0.4, -0.2) is 16.0 Å². The van der Waals surface area contributed by atoms with Crippen LogP contribution in [0.1, 0.15) is 33.1 Å². The Bertz CT molecular complexity index is 356. The highest BCUT2D eigenvalue weighted by Gasteiger charge is 2.25. The molecule has 88 valence electrons. The topological polar surface area (TPSA) is 37.8 Å². The molecule has 0 bridgehead atoms. The third-order valence-electron chi connectivity index (χ3n) is 3.40. The third-order valence-corrected chi connectivity index (χ3v) is 3.61. The van der Waals surface area contributed by atoms with Gasteiger partial charge in [0.1, 0.15) is 17.3 Å². The molecule has 0 aromatic carbocycles. The molecule has 1 aromatic heterocycles. The van der Waals surface area contributed by atoms with Gasteiger partial charge >= 0.3 is 0 Å². The van der Waals surface area contributed by atoms with Gasteiger partial charge in [0.25, 0.3) is 0 Å². The molecule has 0 amide bonds. The van der Waals surface area contributed by atoms with Crippen LogP contribution in [0, 0.1) is 11.8 Å². The van der Waals surface area contributed by atoms with Crippen LogP contribution in [0.3, 0.4) is 0 Å². The highest BCUT2D eigenvalue weighted by Crippen LogP contribution is 2.30. The maximum Gasteiger partial charge on any atom is 0.134 e. The second-order valence-electron chi connectivity index (χ2n) is 4.87. The number of hydrogen-bond acceptors (Lipinski definition) is 3. The fourth-order valence-electron chi connectivity index (χ4n) is 2.48. The van der Waals surface area contributed by atoms with Gasteiger partial charge in [-0.2, -0.15) is 0 Å². The Balaban J connectivity index is 1.99. The third kappa shape index (κ3) is 2.85. The minimum Gasteiger partial charge on any atom is -0.367 e. The maximum atomic E-state index is 5.83. The molecule has 2 rings (SSSR count). The normalized spacial score (nSPS) is 30.1. The van der Waals surface area contributed by atoms with Gasteiger partial charge < -0.3 is 5.32 Å². The van der Waals surface area contributed by atoms with E-state index in [1.165, 1.54) is 25.6 Å². The van der Waals surface area contributed by atoms with Crippen LogP contribution in [0.2, 0.25) is 5.15 Å². The van der Waals surface area contributed by atoms with Crippen LogP contribution < -0.4 is 5.32 Å². The zero-order valence-electron chi connectivity index (χ0n) is 9.78. The van der Waals surface area contributed by atoms with Crippen molar-refractivity contribution in [2.75, 3.05) is 5.32 Å². The Morgan fingerprint density at radius 3 is 2.81 bits per heavy atom. The zero-order valence-corrected chi connectivity index (χ0v) is 10.5. The molecule has 1 aliphatic carbocycles. The van der Waals surface area contributed by atoms with Crippen LogP contribution in [0.15, 0.2) is 12.4 Å². The monoisotopic (exact) mass is 239 g/mol. The summed E-state index contributed by atoms with van der Waals surface area (Å²) in [5, 5.41) is 3.95. The van der Waals surface area contributed by atoms with E-state index in [-0.39, 0.29) is 0 Å². The number of halogens is 1. The average Bonchev–Trinajstić information content (AvgIpc) is 2.22. The van der Waals surface area contributed by atoms with Crippen molar-refractivity contribution >= 4 is 17.4 Å². The van der Waals surface area contributed by atoms with E-state index in [0.29, 0.717) is 17.1 Å². The average molecular weight is 240 g/mol. The van der Waals surface area contributed by atoms with E-state index in [4.69, 9.17) is 11.6 Å². The summed E-state index contributed by atoms with van der Waals surface area (Å²) in [7, 11) is 0. The number of hydrogen-bond donors (Lipinski definition) is 1. The molecule has 1 fully saturated rings. The number of nitrogens with one attached hydrogen (secondary N) is 1. The Hall–Kier alpha value is -0.830. The molecule has 3 unspecified atom stereocenters.